The third kappa shape index (κ3) is 4.39. The highest BCUT2D eigenvalue weighted by molar-refractivity contribution is 7.80. The molecule has 3 rings (SSSR count). The first kappa shape index (κ1) is 20.4. The van der Waals surface area contributed by atoms with Gasteiger partial charge in [0, 0.05) is 11.7 Å². The summed E-state index contributed by atoms with van der Waals surface area (Å²) in [6.45, 7) is 0. The normalized spacial score (nSPS) is 19.2. The first-order chi connectivity index (χ1) is 12.9. The number of rotatable bonds is 2. The molecule has 0 bridgehead atoms. The summed E-state index contributed by atoms with van der Waals surface area (Å²) in [6.07, 6.45) is -9.28. The van der Waals surface area contributed by atoms with Gasteiger partial charge < -0.3 is 16.4 Å². The number of thiocarbonyl (C=S) groups is 1. The number of nitrogens with two attached hydrogens (primary N) is 1. The highest BCUT2D eigenvalue weighted by atomic mass is 32.1. The molecule has 1 aliphatic carbocycles. The van der Waals surface area contributed by atoms with Crippen LogP contribution in [0, 0.1) is 0 Å². The maximum Gasteiger partial charge on any atom is 0.416 e. The Labute approximate surface area is 161 Å². The van der Waals surface area contributed by atoms with Gasteiger partial charge in [-0.15, -0.1) is 0 Å². The largest absolute Gasteiger partial charge is 0.416 e. The van der Waals surface area contributed by atoms with Crippen molar-refractivity contribution in [3.63, 3.8) is 0 Å². The zero-order valence-corrected chi connectivity index (χ0v) is 15.0. The summed E-state index contributed by atoms with van der Waals surface area (Å²) in [7, 11) is 0. The molecule has 2 aromatic rings. The van der Waals surface area contributed by atoms with E-state index in [1.165, 1.54) is 0 Å². The van der Waals surface area contributed by atoms with E-state index in [4.69, 9.17) is 18.0 Å². The lowest BCUT2D eigenvalue weighted by Crippen LogP contribution is -2.40. The number of hydrogen-bond acceptors (Lipinski definition) is 2. The van der Waals surface area contributed by atoms with E-state index in [1.54, 1.807) is 0 Å². The van der Waals surface area contributed by atoms with Crippen LogP contribution in [0.1, 0.15) is 28.3 Å². The molecule has 0 radical (unpaired) electrons. The van der Waals surface area contributed by atoms with Gasteiger partial charge in [0.15, 0.2) is 5.11 Å². The monoisotopic (exact) mass is 419 g/mol. The SMILES string of the molecule is N[C@@H]1Cc2ccccc2[C@H]1NC(=S)Nc1cc(C(F)(F)F)cc(C(F)(F)F)c1. The van der Waals surface area contributed by atoms with Crippen molar-refractivity contribution < 1.29 is 26.3 Å². The van der Waals surface area contributed by atoms with Crippen molar-refractivity contribution in [2.75, 3.05) is 5.32 Å². The lowest BCUT2D eigenvalue weighted by molar-refractivity contribution is -0.143. The average Bonchev–Trinajstić information content (AvgIpc) is 2.88. The zero-order chi connectivity index (χ0) is 20.7. The minimum absolute atomic E-state index is 0.0603. The Morgan fingerprint density at radius 3 is 2.11 bits per heavy atom. The molecule has 3 nitrogen and oxygen atoms in total. The number of fused-ring (bicyclic) bond motifs is 1. The fourth-order valence-electron chi connectivity index (χ4n) is 3.15. The second kappa shape index (κ2) is 7.25. The topological polar surface area (TPSA) is 50.1 Å². The summed E-state index contributed by atoms with van der Waals surface area (Å²) >= 11 is 5.09. The quantitative estimate of drug-likeness (QED) is 0.491. The lowest BCUT2D eigenvalue weighted by Gasteiger charge is -2.22. The molecule has 0 saturated heterocycles. The van der Waals surface area contributed by atoms with Crippen LogP contribution in [0.4, 0.5) is 32.0 Å². The minimum Gasteiger partial charge on any atom is -0.354 e. The van der Waals surface area contributed by atoms with Crippen molar-refractivity contribution in [3.8, 4) is 0 Å². The summed E-state index contributed by atoms with van der Waals surface area (Å²) in [6, 6.07) is 7.89. The Balaban J connectivity index is 1.82. The molecule has 1 aliphatic rings. The molecule has 28 heavy (non-hydrogen) atoms. The van der Waals surface area contributed by atoms with Crippen molar-refractivity contribution >= 4 is 23.0 Å². The van der Waals surface area contributed by atoms with Crippen LogP contribution in [0.2, 0.25) is 0 Å². The van der Waals surface area contributed by atoms with Crippen LogP contribution in [0.25, 0.3) is 0 Å². The lowest BCUT2D eigenvalue weighted by atomic mass is 10.1. The second-order valence-electron chi connectivity index (χ2n) is 6.44. The molecule has 0 spiro atoms. The van der Waals surface area contributed by atoms with Gasteiger partial charge in [0.05, 0.1) is 17.2 Å². The molecule has 2 aromatic carbocycles. The van der Waals surface area contributed by atoms with Gasteiger partial charge in [0.1, 0.15) is 0 Å². The van der Waals surface area contributed by atoms with Gasteiger partial charge >= 0.3 is 12.4 Å². The summed E-state index contributed by atoms with van der Waals surface area (Å²) < 4.78 is 77.7. The van der Waals surface area contributed by atoms with E-state index < -0.39 is 35.2 Å². The summed E-state index contributed by atoms with van der Waals surface area (Å²) in [5.74, 6) is 0. The Morgan fingerprint density at radius 2 is 1.54 bits per heavy atom. The Bertz CT molecular complexity index is 861. The van der Waals surface area contributed by atoms with Crippen molar-refractivity contribution in [1.29, 1.82) is 0 Å². The molecule has 0 heterocycles. The third-order valence-electron chi connectivity index (χ3n) is 4.41. The molecule has 0 fully saturated rings. The first-order valence-corrected chi connectivity index (χ1v) is 8.56. The number of nitrogens with one attached hydrogen (secondary N) is 2. The Kier molecular flexibility index (Phi) is 5.28. The Hall–Kier alpha value is -2.33. The minimum atomic E-state index is -4.93. The van der Waals surface area contributed by atoms with Gasteiger partial charge in [-0.1, -0.05) is 24.3 Å². The van der Waals surface area contributed by atoms with E-state index in [9.17, 15) is 26.3 Å². The molecule has 2 atom stereocenters. The van der Waals surface area contributed by atoms with Crippen molar-refractivity contribution in [2.24, 2.45) is 5.73 Å². The third-order valence-corrected chi connectivity index (χ3v) is 4.63. The van der Waals surface area contributed by atoms with E-state index in [1.807, 2.05) is 24.3 Å². The predicted octanol–water partition coefficient (Wildman–Crippen LogP) is 4.64. The van der Waals surface area contributed by atoms with Gasteiger partial charge in [-0.3, -0.25) is 0 Å². The average molecular weight is 419 g/mol. The van der Waals surface area contributed by atoms with Crippen LogP contribution in [-0.4, -0.2) is 11.2 Å². The van der Waals surface area contributed by atoms with Gasteiger partial charge in [-0.05, 0) is 48.0 Å². The molecule has 0 saturated carbocycles. The molecule has 4 N–H and O–H groups in total. The molecular formula is C18H15F6N3S. The van der Waals surface area contributed by atoms with Gasteiger partial charge in [-0.25, -0.2) is 0 Å². The maximum absolute atomic E-state index is 13.0. The van der Waals surface area contributed by atoms with Crippen LogP contribution in [-0.2, 0) is 18.8 Å². The smallest absolute Gasteiger partial charge is 0.354 e. The van der Waals surface area contributed by atoms with Gasteiger partial charge in [0.25, 0.3) is 0 Å². The highest BCUT2D eigenvalue weighted by Gasteiger charge is 2.37. The predicted molar refractivity (Wildman–Crippen MR) is 96.7 cm³/mol. The molecule has 150 valence electrons. The van der Waals surface area contributed by atoms with Gasteiger partial charge in [0.2, 0.25) is 0 Å². The van der Waals surface area contributed by atoms with Gasteiger partial charge in [-0.2, -0.15) is 26.3 Å². The fraction of sp³-hybridized carbons (Fsp3) is 0.278. The van der Waals surface area contributed by atoms with Crippen LogP contribution in [0.3, 0.4) is 0 Å². The second-order valence-corrected chi connectivity index (χ2v) is 6.85. The molecule has 0 unspecified atom stereocenters. The van der Waals surface area contributed by atoms with Crippen LogP contribution < -0.4 is 16.4 Å². The molecular weight excluding hydrogens is 404 g/mol. The molecule has 10 heteroatoms. The first-order valence-electron chi connectivity index (χ1n) is 8.15. The standard InChI is InChI=1S/C18H15F6N3S/c19-17(20,21)10-6-11(18(22,23)24)8-12(7-10)26-16(28)27-15-13-4-2-1-3-9(13)5-14(15)25/h1-4,6-8,14-15H,5,25H2,(H2,26,27,28)/t14-,15-/m1/s1. The van der Waals surface area contributed by atoms with E-state index in [0.29, 0.717) is 18.6 Å². The van der Waals surface area contributed by atoms with Crippen LogP contribution in [0.15, 0.2) is 42.5 Å². The summed E-state index contributed by atoms with van der Waals surface area (Å²) in [5, 5.41) is 5.17. The number of anilines is 1. The number of halogens is 6. The van der Waals surface area contributed by atoms with E-state index in [0.717, 1.165) is 11.1 Å². The zero-order valence-electron chi connectivity index (χ0n) is 14.2. The van der Waals surface area contributed by atoms with Crippen molar-refractivity contribution in [3.05, 3.63) is 64.7 Å². The number of hydrogen-bond donors (Lipinski definition) is 3. The summed E-state index contributed by atoms with van der Waals surface area (Å²) in [5.41, 5.74) is 4.72. The van der Waals surface area contributed by atoms with Crippen LogP contribution in [0.5, 0.6) is 0 Å². The Morgan fingerprint density at radius 1 is 0.964 bits per heavy atom. The molecule has 0 aromatic heterocycles. The number of benzene rings is 2. The summed E-state index contributed by atoms with van der Waals surface area (Å²) in [4.78, 5) is 0. The van der Waals surface area contributed by atoms with E-state index in [2.05, 4.69) is 10.6 Å². The van der Waals surface area contributed by atoms with E-state index in [-0.39, 0.29) is 17.2 Å². The number of alkyl halides is 6. The van der Waals surface area contributed by atoms with Crippen LogP contribution >= 0.6 is 12.2 Å². The molecule has 0 amide bonds. The molecule has 0 aliphatic heterocycles. The van der Waals surface area contributed by atoms with E-state index >= 15 is 0 Å². The van der Waals surface area contributed by atoms with Crippen molar-refractivity contribution in [2.45, 2.75) is 30.9 Å². The fourth-order valence-corrected chi connectivity index (χ4v) is 3.39. The highest BCUT2D eigenvalue weighted by Crippen LogP contribution is 2.37. The van der Waals surface area contributed by atoms with Crippen molar-refractivity contribution in [1.82, 2.24) is 5.32 Å². The maximum atomic E-state index is 13.0.